The third kappa shape index (κ3) is 4.29. The van der Waals surface area contributed by atoms with Gasteiger partial charge in [-0.15, -0.1) is 11.8 Å². The summed E-state index contributed by atoms with van der Waals surface area (Å²) in [5.41, 5.74) is 0.000446. The molecule has 0 aliphatic heterocycles. The number of carbonyl (C=O) groups is 1. The molecule has 0 radical (unpaired) electrons. The number of para-hydroxylation sites is 1. The van der Waals surface area contributed by atoms with E-state index >= 15 is 0 Å². The van der Waals surface area contributed by atoms with E-state index in [1.807, 2.05) is 6.07 Å². The molecule has 3 aromatic rings. The summed E-state index contributed by atoms with van der Waals surface area (Å²) in [6.45, 7) is 0.413. The summed E-state index contributed by atoms with van der Waals surface area (Å²) in [6.07, 6.45) is 0.709. The lowest BCUT2D eigenvalue weighted by molar-refractivity contribution is 0.0952. The highest BCUT2D eigenvalue weighted by Crippen LogP contribution is 2.28. The first-order chi connectivity index (χ1) is 13.4. The largest absolute Gasteiger partial charge is 0.502 e. The van der Waals surface area contributed by atoms with Gasteiger partial charge in [-0.05, 0) is 36.4 Å². The molecule has 0 aliphatic rings. The van der Waals surface area contributed by atoms with E-state index in [0.717, 1.165) is 10.6 Å². The predicted octanol–water partition coefficient (Wildman–Crippen LogP) is 4.46. The molecule has 146 valence electrons. The maximum absolute atomic E-state index is 12.6. The molecule has 1 amide bonds. The van der Waals surface area contributed by atoms with Crippen molar-refractivity contribution in [1.29, 1.82) is 0 Å². The number of nitrogens with one attached hydrogen (secondary N) is 1. The van der Waals surface area contributed by atoms with Gasteiger partial charge in [0.05, 0.1) is 21.1 Å². The maximum atomic E-state index is 12.6. The van der Waals surface area contributed by atoms with Crippen LogP contribution >= 0.6 is 35.0 Å². The molecule has 0 saturated heterocycles. The van der Waals surface area contributed by atoms with Crippen molar-refractivity contribution < 1.29 is 9.90 Å². The van der Waals surface area contributed by atoms with E-state index in [2.05, 4.69) is 5.32 Å². The third-order valence-electron chi connectivity index (χ3n) is 4.27. The number of aryl methyl sites for hydroxylation is 1. The van der Waals surface area contributed by atoms with Crippen molar-refractivity contribution in [3.05, 3.63) is 68.4 Å². The minimum Gasteiger partial charge on any atom is -0.502 e. The van der Waals surface area contributed by atoms with E-state index < -0.39 is 17.2 Å². The lowest BCUT2D eigenvalue weighted by atomic mass is 10.1. The van der Waals surface area contributed by atoms with Crippen LogP contribution in [0.4, 0.5) is 0 Å². The maximum Gasteiger partial charge on any atom is 0.293 e. The molecule has 0 unspecified atom stereocenters. The van der Waals surface area contributed by atoms with Crippen LogP contribution in [0.3, 0.4) is 0 Å². The zero-order valence-electron chi connectivity index (χ0n) is 15.0. The number of hydrogen-bond acceptors (Lipinski definition) is 4. The fourth-order valence-corrected chi connectivity index (χ4v) is 4.08. The van der Waals surface area contributed by atoms with Gasteiger partial charge in [-0.25, -0.2) is 0 Å². The average molecular weight is 437 g/mol. The van der Waals surface area contributed by atoms with Gasteiger partial charge in [0.15, 0.2) is 5.75 Å². The monoisotopic (exact) mass is 436 g/mol. The highest BCUT2D eigenvalue weighted by atomic mass is 35.5. The van der Waals surface area contributed by atoms with Gasteiger partial charge in [-0.1, -0.05) is 41.4 Å². The topological polar surface area (TPSA) is 71.3 Å². The standard InChI is InChI=1S/C20H18Cl2N2O3S/c1-24-16-6-3-2-5-13(16)17(18(25)20(24)27)19(26)23-9-4-10-28-12-7-8-14(21)15(22)11-12/h2-3,5-8,11,25H,4,9-10H2,1H3,(H,23,26). The van der Waals surface area contributed by atoms with Crippen LogP contribution in [0.2, 0.25) is 10.0 Å². The fraction of sp³-hybridized carbons (Fsp3) is 0.200. The molecule has 0 spiro atoms. The van der Waals surface area contributed by atoms with Gasteiger partial charge in [0.2, 0.25) is 0 Å². The summed E-state index contributed by atoms with van der Waals surface area (Å²) < 4.78 is 1.33. The summed E-state index contributed by atoms with van der Waals surface area (Å²) in [7, 11) is 1.56. The van der Waals surface area contributed by atoms with Gasteiger partial charge in [0.1, 0.15) is 0 Å². The van der Waals surface area contributed by atoms with Crippen LogP contribution in [0.5, 0.6) is 5.75 Å². The van der Waals surface area contributed by atoms with Crippen LogP contribution in [0.25, 0.3) is 10.9 Å². The summed E-state index contributed by atoms with van der Waals surface area (Å²) >= 11 is 13.5. The van der Waals surface area contributed by atoms with E-state index in [4.69, 9.17) is 23.2 Å². The van der Waals surface area contributed by atoms with Crippen molar-refractivity contribution >= 4 is 51.8 Å². The van der Waals surface area contributed by atoms with Crippen molar-refractivity contribution in [2.45, 2.75) is 11.3 Å². The summed E-state index contributed by atoms with van der Waals surface area (Å²) in [4.78, 5) is 25.8. The van der Waals surface area contributed by atoms with Crippen molar-refractivity contribution in [3.63, 3.8) is 0 Å². The molecular weight excluding hydrogens is 419 g/mol. The molecule has 0 fully saturated rings. The zero-order valence-corrected chi connectivity index (χ0v) is 17.4. The summed E-state index contributed by atoms with van der Waals surface area (Å²) in [5, 5.41) is 14.6. The molecule has 28 heavy (non-hydrogen) atoms. The first-order valence-corrected chi connectivity index (χ1v) is 10.3. The Morgan fingerprint density at radius 1 is 1.18 bits per heavy atom. The Morgan fingerprint density at radius 3 is 2.68 bits per heavy atom. The Labute approximate surface area is 176 Å². The Kier molecular flexibility index (Phi) is 6.54. The minimum atomic E-state index is -0.598. The lowest BCUT2D eigenvalue weighted by Gasteiger charge is -2.12. The van der Waals surface area contributed by atoms with Gasteiger partial charge < -0.3 is 15.0 Å². The van der Waals surface area contributed by atoms with E-state index in [-0.39, 0.29) is 5.56 Å². The number of fused-ring (bicyclic) bond motifs is 1. The molecule has 1 heterocycles. The highest BCUT2D eigenvalue weighted by Gasteiger charge is 2.20. The Bertz CT molecular complexity index is 1100. The first kappa shape index (κ1) is 20.6. The predicted molar refractivity (Wildman–Crippen MR) is 115 cm³/mol. The second kappa shape index (κ2) is 8.90. The SMILES string of the molecule is Cn1c(=O)c(O)c(C(=O)NCCCSc2ccc(Cl)c(Cl)c2)c2ccccc21. The van der Waals surface area contributed by atoms with Crippen LogP contribution in [-0.4, -0.2) is 27.9 Å². The number of aromatic hydroxyl groups is 1. The molecule has 2 aromatic carbocycles. The van der Waals surface area contributed by atoms with E-state index in [1.54, 1.807) is 55.2 Å². The molecule has 0 atom stereocenters. The molecule has 8 heteroatoms. The molecule has 0 bridgehead atoms. The molecule has 0 aliphatic carbocycles. The Morgan fingerprint density at radius 2 is 1.93 bits per heavy atom. The molecule has 2 N–H and O–H groups in total. The number of nitrogens with zero attached hydrogens (tertiary/aromatic N) is 1. The number of rotatable bonds is 6. The van der Waals surface area contributed by atoms with Gasteiger partial charge in [0.25, 0.3) is 11.5 Å². The number of hydrogen-bond donors (Lipinski definition) is 2. The number of aromatic nitrogens is 1. The van der Waals surface area contributed by atoms with Crippen molar-refractivity contribution in [3.8, 4) is 5.75 Å². The van der Waals surface area contributed by atoms with Gasteiger partial charge in [-0.3, -0.25) is 9.59 Å². The van der Waals surface area contributed by atoms with Crippen LogP contribution in [-0.2, 0) is 7.05 Å². The molecule has 1 aromatic heterocycles. The number of pyridine rings is 1. The second-order valence-corrected chi connectivity index (χ2v) is 8.12. The highest BCUT2D eigenvalue weighted by molar-refractivity contribution is 7.99. The number of benzene rings is 2. The van der Waals surface area contributed by atoms with Crippen molar-refractivity contribution in [2.75, 3.05) is 12.3 Å². The quantitative estimate of drug-likeness (QED) is 0.441. The smallest absolute Gasteiger partial charge is 0.293 e. The van der Waals surface area contributed by atoms with Crippen LogP contribution in [0, 0.1) is 0 Å². The number of carbonyl (C=O) groups excluding carboxylic acids is 1. The Hall–Kier alpha value is -2.15. The molecular formula is C20H18Cl2N2O3S. The first-order valence-electron chi connectivity index (χ1n) is 8.57. The van der Waals surface area contributed by atoms with E-state index in [1.165, 1.54) is 4.57 Å². The molecule has 5 nitrogen and oxygen atoms in total. The van der Waals surface area contributed by atoms with Crippen LogP contribution in [0.15, 0.2) is 52.2 Å². The Balaban J connectivity index is 1.64. The van der Waals surface area contributed by atoms with Crippen molar-refractivity contribution in [1.82, 2.24) is 9.88 Å². The van der Waals surface area contributed by atoms with Gasteiger partial charge in [0, 0.05) is 23.9 Å². The normalized spacial score (nSPS) is 11.0. The van der Waals surface area contributed by atoms with Crippen LogP contribution < -0.4 is 10.9 Å². The van der Waals surface area contributed by atoms with E-state index in [9.17, 15) is 14.7 Å². The zero-order chi connectivity index (χ0) is 20.3. The van der Waals surface area contributed by atoms with Gasteiger partial charge in [-0.2, -0.15) is 0 Å². The number of thioether (sulfide) groups is 1. The lowest BCUT2D eigenvalue weighted by Crippen LogP contribution is -2.28. The number of halogens is 2. The number of amides is 1. The van der Waals surface area contributed by atoms with Crippen molar-refractivity contribution in [2.24, 2.45) is 7.05 Å². The second-order valence-electron chi connectivity index (χ2n) is 6.14. The van der Waals surface area contributed by atoms with Gasteiger partial charge >= 0.3 is 0 Å². The molecule has 0 saturated carbocycles. The summed E-state index contributed by atoms with van der Waals surface area (Å²) in [6, 6.07) is 12.4. The van der Waals surface area contributed by atoms with E-state index in [0.29, 0.717) is 33.9 Å². The third-order valence-corrected chi connectivity index (χ3v) is 6.09. The minimum absolute atomic E-state index is 0.0100. The average Bonchev–Trinajstić information content (AvgIpc) is 2.69. The fourth-order valence-electron chi connectivity index (χ4n) is 2.83. The molecule has 3 rings (SSSR count). The van der Waals surface area contributed by atoms with Crippen LogP contribution in [0.1, 0.15) is 16.8 Å². The summed E-state index contributed by atoms with van der Waals surface area (Å²) in [5.74, 6) is -0.239.